The molecular weight excluding hydrogens is 631 g/mol. The van der Waals surface area contributed by atoms with Crippen LogP contribution >= 0.6 is 11.6 Å². The average molecular weight is 649 g/mol. The average Bonchev–Trinajstić information content (AvgIpc) is 2.93. The van der Waals surface area contributed by atoms with Gasteiger partial charge >= 0.3 is 18.7 Å². The van der Waals surface area contributed by atoms with Gasteiger partial charge in [-0.3, -0.25) is 9.78 Å². The fourth-order valence-corrected chi connectivity index (χ4v) is 4.40. The van der Waals surface area contributed by atoms with Crippen molar-refractivity contribution in [1.82, 2.24) is 10.3 Å². The summed E-state index contributed by atoms with van der Waals surface area (Å²) in [7, 11) is 0. The van der Waals surface area contributed by atoms with Crippen molar-refractivity contribution in [3.63, 3.8) is 0 Å². The maximum Gasteiger partial charge on any atom is 0.461 e. The Morgan fingerprint density at radius 3 is 2.20 bits per heavy atom. The van der Waals surface area contributed by atoms with E-state index in [9.17, 15) is 49.4 Å². The molecule has 0 aliphatic rings. The van der Waals surface area contributed by atoms with Crippen LogP contribution in [0, 0.1) is 11.6 Å². The molecule has 1 heterocycles. The fraction of sp³-hybridized carbons (Fsp3) is 0.172. The van der Waals surface area contributed by atoms with E-state index in [1.165, 1.54) is 36.4 Å². The first-order valence-corrected chi connectivity index (χ1v) is 12.6. The molecule has 0 aliphatic heterocycles. The zero-order chi connectivity index (χ0) is 32.4. The highest BCUT2D eigenvalue weighted by molar-refractivity contribution is 6.30. The maximum atomic E-state index is 14.9. The third-order valence-corrected chi connectivity index (χ3v) is 6.53. The summed E-state index contributed by atoms with van der Waals surface area (Å²) in [4.78, 5) is 17.7. The van der Waals surface area contributed by atoms with Gasteiger partial charge in [-0.2, -0.15) is 30.7 Å². The lowest BCUT2D eigenvalue weighted by molar-refractivity contribution is -0.253. The number of halogens is 10. The van der Waals surface area contributed by atoms with Crippen molar-refractivity contribution in [2.45, 2.75) is 30.7 Å². The fourth-order valence-electron chi connectivity index (χ4n) is 4.29. The van der Waals surface area contributed by atoms with Gasteiger partial charge in [0, 0.05) is 24.2 Å². The van der Waals surface area contributed by atoms with Crippen LogP contribution in [0.2, 0.25) is 5.02 Å². The van der Waals surface area contributed by atoms with Crippen molar-refractivity contribution in [3.8, 4) is 11.5 Å². The van der Waals surface area contributed by atoms with E-state index in [1.54, 1.807) is 0 Å². The number of pyridine rings is 1. The predicted octanol–water partition coefficient (Wildman–Crippen LogP) is 7.89. The summed E-state index contributed by atoms with van der Waals surface area (Å²) in [5, 5.41) is 12.3. The lowest BCUT2D eigenvalue weighted by Gasteiger charge is -2.36. The van der Waals surface area contributed by atoms with Crippen LogP contribution in [0.3, 0.4) is 0 Å². The first-order chi connectivity index (χ1) is 20.5. The number of benzene rings is 3. The Bertz CT molecular complexity index is 1650. The molecule has 0 radical (unpaired) electrons. The third kappa shape index (κ3) is 7.18. The molecule has 15 heteroatoms. The number of phenolic OH excluding ortho intramolecular Hbond substituents is 1. The van der Waals surface area contributed by atoms with Gasteiger partial charge in [0.1, 0.15) is 28.7 Å². The van der Waals surface area contributed by atoms with Gasteiger partial charge in [-0.15, -0.1) is 0 Å². The standard InChI is InChI=1S/C29H18ClF9N2O3/c30-18-4-8-24(40-14-18)27(13-15-1-5-20(42)6-2-15,17-10-19(31)12-21(11-17)44-29(38,39)26(33)34)41-25(43)16-3-7-23(32)22(9-16)28(35,36)37/h1-12,14,26,42H,13H2,(H,41,43)/t27-/m0/s1. The highest BCUT2D eigenvalue weighted by Gasteiger charge is 2.45. The Morgan fingerprint density at radius 2 is 1.61 bits per heavy atom. The number of aromatic hydroxyl groups is 1. The molecule has 0 bridgehead atoms. The van der Waals surface area contributed by atoms with Crippen LogP contribution < -0.4 is 10.1 Å². The van der Waals surface area contributed by atoms with Gasteiger partial charge < -0.3 is 15.2 Å². The number of phenols is 1. The number of nitrogens with zero attached hydrogens (tertiary/aromatic N) is 1. The van der Waals surface area contributed by atoms with E-state index in [0.29, 0.717) is 18.2 Å². The Labute approximate surface area is 247 Å². The van der Waals surface area contributed by atoms with Gasteiger partial charge in [-0.25, -0.2) is 8.78 Å². The molecule has 5 nitrogen and oxygen atoms in total. The lowest BCUT2D eigenvalue weighted by Crippen LogP contribution is -2.49. The van der Waals surface area contributed by atoms with E-state index >= 15 is 0 Å². The molecule has 0 spiro atoms. The normalized spacial score (nSPS) is 13.4. The van der Waals surface area contributed by atoms with Crippen LogP contribution in [-0.2, 0) is 18.1 Å². The highest BCUT2D eigenvalue weighted by atomic mass is 35.5. The summed E-state index contributed by atoms with van der Waals surface area (Å²) in [5.74, 6) is -5.52. The van der Waals surface area contributed by atoms with Gasteiger partial charge in [-0.1, -0.05) is 23.7 Å². The second-order valence-electron chi connectivity index (χ2n) is 9.40. The van der Waals surface area contributed by atoms with Crippen LogP contribution in [0.15, 0.2) is 79.0 Å². The Balaban J connectivity index is 1.96. The maximum absolute atomic E-state index is 14.9. The predicted molar refractivity (Wildman–Crippen MR) is 139 cm³/mol. The monoisotopic (exact) mass is 648 g/mol. The molecule has 2 N–H and O–H groups in total. The summed E-state index contributed by atoms with van der Waals surface area (Å²) in [6, 6.07) is 10.9. The van der Waals surface area contributed by atoms with Crippen LogP contribution in [-0.4, -0.2) is 28.5 Å². The Hall–Kier alpha value is -4.46. The van der Waals surface area contributed by atoms with E-state index in [4.69, 9.17) is 11.6 Å². The molecule has 0 saturated heterocycles. The highest BCUT2D eigenvalue weighted by Crippen LogP contribution is 2.38. The minimum absolute atomic E-state index is 0.0757. The minimum atomic E-state index is -5.19. The number of carbonyl (C=O) groups excluding carboxylic acids is 1. The topological polar surface area (TPSA) is 71.5 Å². The molecule has 44 heavy (non-hydrogen) atoms. The number of amides is 1. The van der Waals surface area contributed by atoms with Crippen LogP contribution in [0.4, 0.5) is 39.5 Å². The molecule has 0 aliphatic carbocycles. The quantitative estimate of drug-likeness (QED) is 0.181. The lowest BCUT2D eigenvalue weighted by atomic mass is 9.80. The molecule has 4 rings (SSSR count). The minimum Gasteiger partial charge on any atom is -0.508 e. The van der Waals surface area contributed by atoms with E-state index in [2.05, 4.69) is 15.0 Å². The number of hydrogen-bond donors (Lipinski definition) is 2. The molecule has 1 aromatic heterocycles. The van der Waals surface area contributed by atoms with Crippen LogP contribution in [0.25, 0.3) is 0 Å². The van der Waals surface area contributed by atoms with Gasteiger partial charge in [-0.05, 0) is 65.7 Å². The van der Waals surface area contributed by atoms with E-state index < -0.39 is 70.7 Å². The Morgan fingerprint density at radius 1 is 0.932 bits per heavy atom. The van der Waals surface area contributed by atoms with E-state index in [-0.39, 0.29) is 28.1 Å². The van der Waals surface area contributed by atoms with Gasteiger partial charge in [0.2, 0.25) is 0 Å². The van der Waals surface area contributed by atoms with Gasteiger partial charge in [0.15, 0.2) is 0 Å². The smallest absolute Gasteiger partial charge is 0.461 e. The first kappa shape index (κ1) is 32.5. The number of aromatic nitrogens is 1. The van der Waals surface area contributed by atoms with Crippen molar-refractivity contribution in [1.29, 1.82) is 0 Å². The number of nitrogens with one attached hydrogen (secondary N) is 1. The SMILES string of the molecule is O=C(N[C@@](Cc1ccc(O)cc1)(c1cc(F)cc(OC(F)(F)C(F)F)c1)c1ccc(Cl)cn1)c1ccc(F)c(C(F)(F)F)c1. The van der Waals surface area contributed by atoms with Crippen molar-refractivity contribution < 1.29 is 54.2 Å². The molecule has 1 amide bonds. The van der Waals surface area contributed by atoms with Crippen molar-refractivity contribution in [3.05, 3.63) is 124 Å². The first-order valence-electron chi connectivity index (χ1n) is 12.3. The molecule has 232 valence electrons. The number of carbonyl (C=O) groups is 1. The molecule has 0 saturated carbocycles. The summed E-state index contributed by atoms with van der Waals surface area (Å²) < 4.78 is 127. The van der Waals surface area contributed by atoms with Gasteiger partial charge in [0.05, 0.1) is 16.3 Å². The summed E-state index contributed by atoms with van der Waals surface area (Å²) in [6.45, 7) is 0. The number of ether oxygens (including phenoxy) is 1. The summed E-state index contributed by atoms with van der Waals surface area (Å²) in [6.07, 6.45) is -13.9. The van der Waals surface area contributed by atoms with Gasteiger partial charge in [0.25, 0.3) is 5.91 Å². The molecule has 0 fully saturated rings. The second-order valence-corrected chi connectivity index (χ2v) is 9.83. The third-order valence-electron chi connectivity index (χ3n) is 6.30. The molecule has 4 aromatic rings. The zero-order valence-corrected chi connectivity index (χ0v) is 22.5. The molecule has 0 unspecified atom stereocenters. The second kappa shape index (κ2) is 12.3. The molecular formula is C29H18ClF9N2O3. The molecule has 3 aromatic carbocycles. The van der Waals surface area contributed by atoms with E-state index in [0.717, 1.165) is 18.3 Å². The zero-order valence-electron chi connectivity index (χ0n) is 21.8. The number of hydrogen-bond acceptors (Lipinski definition) is 4. The van der Waals surface area contributed by atoms with Crippen LogP contribution in [0.5, 0.6) is 11.5 Å². The van der Waals surface area contributed by atoms with E-state index in [1.807, 2.05) is 0 Å². The summed E-state index contributed by atoms with van der Waals surface area (Å²) in [5.41, 5.74) is -4.95. The summed E-state index contributed by atoms with van der Waals surface area (Å²) >= 11 is 5.96. The van der Waals surface area contributed by atoms with Crippen molar-refractivity contribution in [2.24, 2.45) is 0 Å². The number of alkyl halides is 7. The molecule has 1 atom stereocenters. The number of rotatable bonds is 9. The van der Waals surface area contributed by atoms with Crippen molar-refractivity contribution in [2.75, 3.05) is 0 Å². The largest absolute Gasteiger partial charge is 0.508 e. The van der Waals surface area contributed by atoms with Crippen LogP contribution in [0.1, 0.15) is 32.7 Å². The Kier molecular flexibility index (Phi) is 9.05. The van der Waals surface area contributed by atoms with Crippen molar-refractivity contribution >= 4 is 17.5 Å².